The Bertz CT molecular complexity index is 2050. The Balaban J connectivity index is 1.55. The number of rotatable bonds is 0. The highest BCUT2D eigenvalue weighted by Gasteiger charge is 2.26. The van der Waals surface area contributed by atoms with E-state index < -0.39 is 0 Å². The first-order valence-corrected chi connectivity index (χ1v) is 12.5. The normalized spacial score (nSPS) is 13.5. The fraction of sp³-hybridized carbons (Fsp3) is 0.0588. The zero-order valence-electron chi connectivity index (χ0n) is 19.2. The summed E-state index contributed by atoms with van der Waals surface area (Å²) in [4.78, 5) is 0. The van der Waals surface area contributed by atoms with Crippen LogP contribution < -0.4 is 0 Å². The van der Waals surface area contributed by atoms with Crippen LogP contribution in [0.1, 0.15) is 22.3 Å². The molecule has 0 saturated carbocycles. The summed E-state index contributed by atoms with van der Waals surface area (Å²) in [6.07, 6.45) is 4.39. The molecule has 0 fully saturated rings. The first-order valence-electron chi connectivity index (χ1n) is 12.5. The number of hydrogen-bond donors (Lipinski definition) is 0. The summed E-state index contributed by atoms with van der Waals surface area (Å²) in [6.45, 7) is 0. The van der Waals surface area contributed by atoms with Gasteiger partial charge < -0.3 is 4.40 Å². The van der Waals surface area contributed by atoms with E-state index in [1.54, 1.807) is 0 Å². The van der Waals surface area contributed by atoms with Crippen molar-refractivity contribution in [1.82, 2.24) is 4.40 Å². The third kappa shape index (κ3) is 2.19. The molecule has 0 atom stereocenters. The third-order valence-electron chi connectivity index (χ3n) is 8.37. The molecule has 5 aromatic carbocycles. The fourth-order valence-electron chi connectivity index (χ4n) is 6.88. The molecule has 0 saturated heterocycles. The van der Waals surface area contributed by atoms with Crippen molar-refractivity contribution in [3.05, 3.63) is 126 Å². The molecule has 7 aromatic rings. The van der Waals surface area contributed by atoms with E-state index in [0.29, 0.717) is 0 Å². The van der Waals surface area contributed by atoms with E-state index in [2.05, 4.69) is 108 Å². The van der Waals surface area contributed by atoms with E-state index in [-0.39, 0.29) is 0 Å². The summed E-state index contributed by atoms with van der Waals surface area (Å²) < 4.78 is 2.50. The van der Waals surface area contributed by atoms with Gasteiger partial charge in [0.2, 0.25) is 0 Å². The van der Waals surface area contributed by atoms with Gasteiger partial charge in [-0.15, -0.1) is 0 Å². The lowest BCUT2D eigenvalue weighted by Gasteiger charge is -2.15. The van der Waals surface area contributed by atoms with Crippen molar-refractivity contribution >= 4 is 38.0 Å². The highest BCUT2D eigenvalue weighted by atomic mass is 14.9. The quantitative estimate of drug-likeness (QED) is 0.207. The first-order chi connectivity index (χ1) is 17.3. The molecule has 0 spiro atoms. The number of hydrogen-bond acceptors (Lipinski definition) is 0. The van der Waals surface area contributed by atoms with Crippen LogP contribution in [0.15, 0.2) is 103 Å². The molecule has 0 radical (unpaired) electrons. The zero-order valence-corrected chi connectivity index (χ0v) is 19.2. The van der Waals surface area contributed by atoms with Gasteiger partial charge in [0, 0.05) is 33.3 Å². The molecule has 0 amide bonds. The van der Waals surface area contributed by atoms with Gasteiger partial charge in [0.25, 0.3) is 0 Å². The maximum absolute atomic E-state index is 2.50. The Morgan fingerprint density at radius 3 is 2.11 bits per heavy atom. The van der Waals surface area contributed by atoms with Crippen LogP contribution >= 0.6 is 0 Å². The van der Waals surface area contributed by atoms with Crippen molar-refractivity contribution < 1.29 is 0 Å². The number of fused-ring (bicyclic) bond motifs is 15. The van der Waals surface area contributed by atoms with Crippen LogP contribution in [0.3, 0.4) is 0 Å². The third-order valence-corrected chi connectivity index (χ3v) is 8.37. The SMILES string of the molecule is c1ccc2c(c1)Cc1cc3c(cc1-2)c1ccc2c(c1n1cc4ccccc4c31)-c1ccccc1C2. The molecule has 1 nitrogen and oxygen atoms in total. The molecule has 162 valence electrons. The Kier molecular flexibility index (Phi) is 3.19. The minimum Gasteiger partial charge on any atom is -0.314 e. The molecular weight excluding hydrogens is 422 g/mol. The second-order valence-corrected chi connectivity index (χ2v) is 10.2. The molecule has 35 heavy (non-hydrogen) atoms. The highest BCUT2D eigenvalue weighted by molar-refractivity contribution is 6.23. The predicted octanol–water partition coefficient (Wildman–Crippen LogP) is 8.54. The number of benzene rings is 5. The van der Waals surface area contributed by atoms with Gasteiger partial charge in [0.1, 0.15) is 0 Å². The van der Waals surface area contributed by atoms with Crippen LogP contribution in [0.2, 0.25) is 0 Å². The molecule has 0 N–H and O–H groups in total. The Hall–Kier alpha value is -4.36. The van der Waals surface area contributed by atoms with Crippen LogP contribution in [0.25, 0.3) is 60.2 Å². The molecular formula is C34H21N. The van der Waals surface area contributed by atoms with Gasteiger partial charge in [-0.25, -0.2) is 0 Å². The Morgan fingerprint density at radius 2 is 1.20 bits per heavy atom. The maximum atomic E-state index is 2.50. The van der Waals surface area contributed by atoms with Crippen molar-refractivity contribution in [3.63, 3.8) is 0 Å². The van der Waals surface area contributed by atoms with Crippen LogP contribution in [-0.2, 0) is 12.8 Å². The second-order valence-electron chi connectivity index (χ2n) is 10.2. The summed E-state index contributed by atoms with van der Waals surface area (Å²) in [5, 5.41) is 6.69. The lowest BCUT2D eigenvalue weighted by molar-refractivity contribution is 1.25. The number of pyridine rings is 1. The zero-order chi connectivity index (χ0) is 22.7. The van der Waals surface area contributed by atoms with Crippen LogP contribution in [0.4, 0.5) is 0 Å². The lowest BCUT2D eigenvalue weighted by Crippen LogP contribution is -1.95. The molecule has 9 rings (SSSR count). The highest BCUT2D eigenvalue weighted by Crippen LogP contribution is 2.47. The minimum atomic E-state index is 1.01. The summed E-state index contributed by atoms with van der Waals surface area (Å²) in [5.74, 6) is 0. The monoisotopic (exact) mass is 443 g/mol. The minimum absolute atomic E-state index is 1.01. The molecule has 2 aromatic heterocycles. The summed E-state index contributed by atoms with van der Waals surface area (Å²) >= 11 is 0. The van der Waals surface area contributed by atoms with Gasteiger partial charge in [-0.3, -0.25) is 0 Å². The van der Waals surface area contributed by atoms with E-state index in [1.807, 2.05) is 0 Å². The molecule has 0 aliphatic heterocycles. The first kappa shape index (κ1) is 18.0. The average Bonchev–Trinajstić information content (AvgIpc) is 3.58. The van der Waals surface area contributed by atoms with Gasteiger partial charge in [-0.05, 0) is 69.3 Å². The van der Waals surface area contributed by atoms with Crippen molar-refractivity contribution in [3.8, 4) is 22.3 Å². The summed E-state index contributed by atoms with van der Waals surface area (Å²) in [7, 11) is 0. The topological polar surface area (TPSA) is 4.41 Å². The smallest absolute Gasteiger partial charge is 0.0616 e. The molecule has 2 aliphatic rings. The average molecular weight is 444 g/mol. The summed E-state index contributed by atoms with van der Waals surface area (Å²) in [6, 6.07) is 36.4. The molecule has 0 unspecified atom stereocenters. The van der Waals surface area contributed by atoms with Gasteiger partial charge >= 0.3 is 0 Å². The Morgan fingerprint density at radius 1 is 0.457 bits per heavy atom. The van der Waals surface area contributed by atoms with E-state index in [9.17, 15) is 0 Å². The van der Waals surface area contributed by atoms with Gasteiger partial charge in [-0.2, -0.15) is 0 Å². The lowest BCUT2D eigenvalue weighted by atomic mass is 9.94. The summed E-state index contributed by atoms with van der Waals surface area (Å²) in [5.41, 5.74) is 14.0. The Labute approximate surface area is 202 Å². The van der Waals surface area contributed by atoms with Crippen molar-refractivity contribution in [2.45, 2.75) is 12.8 Å². The van der Waals surface area contributed by atoms with E-state index in [0.717, 1.165) is 12.8 Å². The number of aromatic nitrogens is 1. The van der Waals surface area contributed by atoms with Crippen molar-refractivity contribution in [1.29, 1.82) is 0 Å². The molecule has 2 heterocycles. The van der Waals surface area contributed by atoms with E-state index >= 15 is 0 Å². The standard InChI is InChI=1S/C34H21N/c1-4-10-25-20(7-1)16-24-17-31-30(18-29(24)25)28-14-13-22-15-21-8-2-5-11-26(21)32(22)34(28)35-19-23-9-3-6-12-27(23)33(31)35/h1-14,17-19H,15-16H2. The largest absolute Gasteiger partial charge is 0.314 e. The maximum Gasteiger partial charge on any atom is 0.0616 e. The van der Waals surface area contributed by atoms with E-state index in [1.165, 1.54) is 82.5 Å². The second kappa shape index (κ2) is 6.20. The predicted molar refractivity (Wildman–Crippen MR) is 146 cm³/mol. The van der Waals surface area contributed by atoms with Gasteiger partial charge in [0.15, 0.2) is 0 Å². The van der Waals surface area contributed by atoms with Gasteiger partial charge in [-0.1, -0.05) is 84.9 Å². The molecule has 1 heteroatoms. The molecule has 0 bridgehead atoms. The van der Waals surface area contributed by atoms with Crippen LogP contribution in [0.5, 0.6) is 0 Å². The molecule has 2 aliphatic carbocycles. The van der Waals surface area contributed by atoms with Gasteiger partial charge in [0.05, 0.1) is 11.0 Å². The van der Waals surface area contributed by atoms with Crippen LogP contribution in [0, 0.1) is 0 Å². The van der Waals surface area contributed by atoms with Crippen molar-refractivity contribution in [2.24, 2.45) is 0 Å². The fourth-order valence-corrected chi connectivity index (χ4v) is 6.88. The van der Waals surface area contributed by atoms with E-state index in [4.69, 9.17) is 0 Å². The van der Waals surface area contributed by atoms with Crippen LogP contribution in [-0.4, -0.2) is 4.40 Å². The van der Waals surface area contributed by atoms with Crippen molar-refractivity contribution in [2.75, 3.05) is 0 Å². The number of nitrogens with zero attached hydrogens (tertiary/aromatic N) is 1.